The number of rotatable bonds is 8. The van der Waals surface area contributed by atoms with Crippen LogP contribution in [-0.2, 0) is 22.7 Å². The van der Waals surface area contributed by atoms with Gasteiger partial charge in [-0.3, -0.25) is 14.2 Å². The predicted octanol–water partition coefficient (Wildman–Crippen LogP) is 3.92. The molecule has 0 aliphatic carbocycles. The molecule has 1 N–H and O–H groups in total. The van der Waals surface area contributed by atoms with E-state index >= 15 is 0 Å². The van der Waals surface area contributed by atoms with E-state index in [2.05, 4.69) is 5.32 Å². The highest BCUT2D eigenvalue weighted by Crippen LogP contribution is 2.21. The SMILES string of the molecule is CCN(Cc1cccc(NC(=O)CCCn2c(=O)oc3ccccc32)c1)C(=O)C(F)(F)F. The van der Waals surface area contributed by atoms with Crippen molar-refractivity contribution in [2.45, 2.75) is 39.0 Å². The van der Waals surface area contributed by atoms with Gasteiger partial charge in [0.1, 0.15) is 0 Å². The third kappa shape index (κ3) is 5.57. The number of carbonyl (C=O) groups is 2. The second-order valence-electron chi connectivity index (χ2n) is 7.16. The number of carbonyl (C=O) groups excluding carboxylic acids is 2. The van der Waals surface area contributed by atoms with Crippen LogP contribution in [0.3, 0.4) is 0 Å². The van der Waals surface area contributed by atoms with E-state index in [9.17, 15) is 27.6 Å². The van der Waals surface area contributed by atoms with E-state index in [1.165, 1.54) is 17.6 Å². The smallest absolute Gasteiger partial charge is 0.408 e. The first-order valence-electron chi connectivity index (χ1n) is 10.0. The van der Waals surface area contributed by atoms with Gasteiger partial charge in [-0.05, 0) is 43.2 Å². The first kappa shape index (κ1) is 23.1. The van der Waals surface area contributed by atoms with Crippen LogP contribution in [0.2, 0.25) is 0 Å². The van der Waals surface area contributed by atoms with Crippen LogP contribution in [0.5, 0.6) is 0 Å². The van der Waals surface area contributed by atoms with Gasteiger partial charge in [0, 0.05) is 31.7 Å². The minimum Gasteiger partial charge on any atom is -0.408 e. The summed E-state index contributed by atoms with van der Waals surface area (Å²) in [7, 11) is 0. The lowest BCUT2D eigenvalue weighted by Gasteiger charge is -2.22. The summed E-state index contributed by atoms with van der Waals surface area (Å²) in [5.41, 5.74) is 2.00. The average Bonchev–Trinajstić information content (AvgIpc) is 3.06. The number of aromatic nitrogens is 1. The molecule has 0 aliphatic rings. The lowest BCUT2D eigenvalue weighted by Crippen LogP contribution is -2.40. The van der Waals surface area contributed by atoms with Crippen LogP contribution in [0, 0.1) is 0 Å². The van der Waals surface area contributed by atoms with E-state index in [0.717, 1.165) is 0 Å². The molecule has 0 aliphatic heterocycles. The van der Waals surface area contributed by atoms with E-state index in [1.54, 1.807) is 42.5 Å². The van der Waals surface area contributed by atoms with Crippen molar-refractivity contribution in [1.29, 1.82) is 0 Å². The first-order chi connectivity index (χ1) is 15.2. The molecule has 0 saturated heterocycles. The molecule has 32 heavy (non-hydrogen) atoms. The second-order valence-corrected chi connectivity index (χ2v) is 7.16. The summed E-state index contributed by atoms with van der Waals surface area (Å²) in [4.78, 5) is 36.4. The number of hydrogen-bond donors (Lipinski definition) is 1. The Hall–Kier alpha value is -3.56. The maximum Gasteiger partial charge on any atom is 0.471 e. The van der Waals surface area contributed by atoms with Crippen LogP contribution in [0.25, 0.3) is 11.1 Å². The van der Waals surface area contributed by atoms with Gasteiger partial charge in [-0.25, -0.2) is 4.79 Å². The number of amides is 2. The van der Waals surface area contributed by atoms with Crippen molar-refractivity contribution in [2.24, 2.45) is 0 Å². The zero-order valence-corrected chi connectivity index (χ0v) is 17.3. The van der Waals surface area contributed by atoms with Gasteiger partial charge >= 0.3 is 17.8 Å². The molecule has 1 heterocycles. The standard InChI is InChI=1S/C22H22F3N3O4/c1-2-27(20(30)22(23,24)25)14-15-7-5-8-16(13-15)26-19(29)11-6-12-28-17-9-3-4-10-18(17)32-21(28)31/h3-5,7-10,13H,2,6,11-12,14H2,1H3,(H,26,29). The Morgan fingerprint density at radius 1 is 1.12 bits per heavy atom. The van der Waals surface area contributed by atoms with Crippen LogP contribution in [0.1, 0.15) is 25.3 Å². The molecule has 0 spiro atoms. The number of benzene rings is 2. The number of para-hydroxylation sites is 2. The molecule has 0 unspecified atom stereocenters. The third-order valence-electron chi connectivity index (χ3n) is 4.85. The van der Waals surface area contributed by atoms with E-state index in [4.69, 9.17) is 4.42 Å². The van der Waals surface area contributed by atoms with Crippen molar-refractivity contribution in [3.8, 4) is 0 Å². The van der Waals surface area contributed by atoms with Crippen molar-refractivity contribution >= 4 is 28.6 Å². The molecule has 3 rings (SSSR count). The van der Waals surface area contributed by atoms with Gasteiger partial charge in [0.2, 0.25) is 5.91 Å². The van der Waals surface area contributed by atoms with E-state index in [-0.39, 0.29) is 25.4 Å². The van der Waals surface area contributed by atoms with E-state index in [0.29, 0.717) is 40.2 Å². The van der Waals surface area contributed by atoms with E-state index in [1.807, 2.05) is 0 Å². The zero-order chi connectivity index (χ0) is 23.3. The summed E-state index contributed by atoms with van der Waals surface area (Å²) in [5, 5.41) is 2.69. The fourth-order valence-electron chi connectivity index (χ4n) is 3.32. The average molecular weight is 449 g/mol. The molecular weight excluding hydrogens is 427 g/mol. The van der Waals surface area contributed by atoms with Crippen LogP contribution in [0.4, 0.5) is 18.9 Å². The van der Waals surface area contributed by atoms with Crippen LogP contribution < -0.4 is 11.1 Å². The Morgan fingerprint density at radius 3 is 2.59 bits per heavy atom. The molecule has 2 aromatic carbocycles. The minimum absolute atomic E-state index is 0.100. The molecule has 2 amide bonds. The summed E-state index contributed by atoms with van der Waals surface area (Å²) in [6.45, 7) is 1.43. The van der Waals surface area contributed by atoms with Gasteiger partial charge in [-0.2, -0.15) is 13.2 Å². The van der Waals surface area contributed by atoms with Gasteiger partial charge in [0.05, 0.1) is 5.52 Å². The summed E-state index contributed by atoms with van der Waals surface area (Å²) >= 11 is 0. The van der Waals surface area contributed by atoms with Gasteiger partial charge in [-0.15, -0.1) is 0 Å². The number of anilines is 1. The molecular formula is C22H22F3N3O4. The van der Waals surface area contributed by atoms with E-state index < -0.39 is 17.8 Å². The third-order valence-corrected chi connectivity index (χ3v) is 4.85. The molecule has 7 nitrogen and oxygen atoms in total. The number of oxazole rings is 1. The Bertz CT molecular complexity index is 1170. The molecule has 1 aromatic heterocycles. The molecule has 170 valence electrons. The maximum atomic E-state index is 12.7. The number of alkyl halides is 3. The number of nitrogens with zero attached hydrogens (tertiary/aromatic N) is 2. The minimum atomic E-state index is -4.94. The monoisotopic (exact) mass is 449 g/mol. The highest BCUT2D eigenvalue weighted by atomic mass is 19.4. The number of fused-ring (bicyclic) bond motifs is 1. The highest BCUT2D eigenvalue weighted by Gasteiger charge is 2.41. The Balaban J connectivity index is 1.57. The Labute approximate surface area is 181 Å². The number of hydrogen-bond acceptors (Lipinski definition) is 4. The van der Waals surface area contributed by atoms with Crippen molar-refractivity contribution in [3.05, 3.63) is 64.6 Å². The summed E-state index contributed by atoms with van der Waals surface area (Å²) in [6.07, 6.45) is -4.42. The normalized spacial score (nSPS) is 11.5. The number of aryl methyl sites for hydroxylation is 1. The van der Waals surface area contributed by atoms with Crippen molar-refractivity contribution in [1.82, 2.24) is 9.47 Å². The molecule has 0 radical (unpaired) electrons. The van der Waals surface area contributed by atoms with Crippen molar-refractivity contribution in [3.63, 3.8) is 0 Å². The molecule has 10 heteroatoms. The lowest BCUT2D eigenvalue weighted by atomic mass is 10.1. The number of nitrogens with one attached hydrogen (secondary N) is 1. The first-order valence-corrected chi connectivity index (χ1v) is 10.0. The van der Waals surface area contributed by atoms with Gasteiger partial charge < -0.3 is 14.6 Å². The summed E-state index contributed by atoms with van der Waals surface area (Å²) in [6, 6.07) is 13.3. The molecule has 0 bridgehead atoms. The highest BCUT2D eigenvalue weighted by molar-refractivity contribution is 5.90. The van der Waals surface area contributed by atoms with Crippen molar-refractivity contribution < 1.29 is 27.2 Å². The van der Waals surface area contributed by atoms with Crippen molar-refractivity contribution in [2.75, 3.05) is 11.9 Å². The fraction of sp³-hybridized carbons (Fsp3) is 0.318. The van der Waals surface area contributed by atoms with Crippen LogP contribution >= 0.6 is 0 Å². The van der Waals surface area contributed by atoms with Crippen LogP contribution in [-0.4, -0.2) is 34.0 Å². The topological polar surface area (TPSA) is 84.6 Å². The van der Waals surface area contributed by atoms with Gasteiger partial charge in [0.25, 0.3) is 0 Å². The summed E-state index contributed by atoms with van der Waals surface area (Å²) in [5.74, 6) is -2.70. The molecule has 0 saturated carbocycles. The molecule has 3 aromatic rings. The fourth-order valence-corrected chi connectivity index (χ4v) is 3.32. The molecule has 0 atom stereocenters. The second kappa shape index (κ2) is 9.71. The quantitative estimate of drug-likeness (QED) is 0.565. The Kier molecular flexibility index (Phi) is 7.01. The summed E-state index contributed by atoms with van der Waals surface area (Å²) < 4.78 is 44.7. The van der Waals surface area contributed by atoms with Gasteiger partial charge in [-0.1, -0.05) is 24.3 Å². The molecule has 0 fully saturated rings. The Morgan fingerprint density at radius 2 is 1.88 bits per heavy atom. The maximum absolute atomic E-state index is 12.7. The lowest BCUT2D eigenvalue weighted by molar-refractivity contribution is -0.185. The largest absolute Gasteiger partial charge is 0.471 e. The van der Waals surface area contributed by atoms with Gasteiger partial charge in [0.15, 0.2) is 5.58 Å². The van der Waals surface area contributed by atoms with Crippen LogP contribution in [0.15, 0.2) is 57.7 Å². The predicted molar refractivity (Wildman–Crippen MR) is 112 cm³/mol. The zero-order valence-electron chi connectivity index (χ0n) is 17.3. The number of halogens is 3.